The molecule has 0 unspecified atom stereocenters. The number of carbonyl (C=O) groups excluding carboxylic acids is 1. The number of ketones is 1. The van der Waals surface area contributed by atoms with Gasteiger partial charge in [-0.25, -0.2) is 9.67 Å². The van der Waals surface area contributed by atoms with Crippen molar-refractivity contribution < 1.29 is 4.79 Å². The molecule has 3 aromatic carbocycles. The molecular formula is C22H16Br2ClN3OS. The molecule has 0 aliphatic heterocycles. The number of hydrogen-bond donors (Lipinski definition) is 0. The van der Waals surface area contributed by atoms with Crippen molar-refractivity contribution in [3.05, 3.63) is 98.7 Å². The average molecular weight is 566 g/mol. The quantitative estimate of drug-likeness (QED) is 0.252. The van der Waals surface area contributed by atoms with Gasteiger partial charge in [0.1, 0.15) is 11.6 Å². The summed E-state index contributed by atoms with van der Waals surface area (Å²) in [7, 11) is 0. The molecule has 1 heterocycles. The summed E-state index contributed by atoms with van der Waals surface area (Å²) < 4.78 is 2.63. The molecule has 0 spiro atoms. The third kappa shape index (κ3) is 5.55. The number of halogens is 3. The lowest BCUT2D eigenvalue weighted by Crippen LogP contribution is -2.21. The summed E-state index contributed by atoms with van der Waals surface area (Å²) in [4.78, 5) is 18.1. The molecule has 4 aromatic rings. The second-order valence-electron chi connectivity index (χ2n) is 6.24. The van der Waals surface area contributed by atoms with E-state index in [-0.39, 0.29) is 29.3 Å². The van der Waals surface area contributed by atoms with E-state index in [9.17, 15) is 4.79 Å². The van der Waals surface area contributed by atoms with Crippen molar-refractivity contribution in [2.75, 3.05) is 0 Å². The van der Waals surface area contributed by atoms with Crippen molar-refractivity contribution in [1.82, 2.24) is 9.78 Å². The zero-order valence-corrected chi connectivity index (χ0v) is 20.4. The Balaban J connectivity index is 0.00000256. The first-order valence-electron chi connectivity index (χ1n) is 8.81. The van der Waals surface area contributed by atoms with Gasteiger partial charge >= 0.3 is 0 Å². The van der Waals surface area contributed by atoms with E-state index in [4.69, 9.17) is 16.6 Å². The average Bonchev–Trinajstić information content (AvgIpc) is 3.11. The Labute approximate surface area is 201 Å². The maximum Gasteiger partial charge on any atom is 0.209 e. The Bertz CT molecular complexity index is 1220. The number of benzene rings is 3. The van der Waals surface area contributed by atoms with Crippen LogP contribution in [0.25, 0.3) is 10.6 Å². The molecule has 4 rings (SSSR count). The maximum absolute atomic E-state index is 12.8. The summed E-state index contributed by atoms with van der Waals surface area (Å²) in [5.74, 6) is -0.0535. The van der Waals surface area contributed by atoms with E-state index in [2.05, 4.69) is 21.0 Å². The van der Waals surface area contributed by atoms with Crippen LogP contribution in [0.2, 0.25) is 5.02 Å². The van der Waals surface area contributed by atoms with Crippen molar-refractivity contribution in [3.8, 4) is 10.6 Å². The van der Waals surface area contributed by atoms with Gasteiger partial charge in [-0.2, -0.15) is 5.10 Å². The molecule has 152 valence electrons. The van der Waals surface area contributed by atoms with Crippen LogP contribution in [0.15, 0.2) is 88.3 Å². The lowest BCUT2D eigenvalue weighted by atomic mass is 10.1. The largest absolute Gasteiger partial charge is 0.292 e. The van der Waals surface area contributed by atoms with Crippen LogP contribution in [-0.2, 0) is 6.54 Å². The third-order valence-corrected chi connectivity index (χ3v) is 5.87. The first-order chi connectivity index (χ1) is 14.1. The minimum atomic E-state index is -0.0535. The van der Waals surface area contributed by atoms with Crippen LogP contribution in [0.4, 0.5) is 5.69 Å². The molecule has 0 amide bonds. The number of para-hydroxylation sites is 1. The molecule has 8 heteroatoms. The molecular weight excluding hydrogens is 550 g/mol. The Morgan fingerprint density at radius 3 is 2.47 bits per heavy atom. The molecule has 0 radical (unpaired) electrons. The van der Waals surface area contributed by atoms with Gasteiger partial charge < -0.3 is 0 Å². The SMILES string of the molecule is Br.O=C(Cn1nc(-c2cccc(Br)c2)sc1=Nc1ccccc1)c1ccc(Cl)cc1. The van der Waals surface area contributed by atoms with E-state index in [1.165, 1.54) is 11.3 Å². The first-order valence-corrected chi connectivity index (χ1v) is 10.8. The Morgan fingerprint density at radius 2 is 1.77 bits per heavy atom. The maximum atomic E-state index is 12.8. The highest BCUT2D eigenvalue weighted by atomic mass is 79.9. The lowest BCUT2D eigenvalue weighted by Gasteiger charge is -2.02. The summed E-state index contributed by atoms with van der Waals surface area (Å²) in [5.41, 5.74) is 2.36. The van der Waals surface area contributed by atoms with Gasteiger partial charge in [-0.05, 0) is 48.5 Å². The number of rotatable bonds is 5. The van der Waals surface area contributed by atoms with E-state index in [0.717, 1.165) is 20.7 Å². The Hall–Kier alpha value is -2.06. The van der Waals surface area contributed by atoms with E-state index in [1.807, 2.05) is 54.6 Å². The normalized spacial score (nSPS) is 11.2. The van der Waals surface area contributed by atoms with Gasteiger partial charge in [0.05, 0.1) is 5.69 Å². The van der Waals surface area contributed by atoms with Crippen molar-refractivity contribution in [2.45, 2.75) is 6.54 Å². The van der Waals surface area contributed by atoms with Gasteiger partial charge in [0.15, 0.2) is 5.78 Å². The van der Waals surface area contributed by atoms with E-state index < -0.39 is 0 Å². The Kier molecular flexibility index (Phi) is 7.77. The standard InChI is InChI=1S/C22H15BrClN3OS.BrH/c23-17-6-4-5-16(13-17)21-26-27(14-20(28)15-9-11-18(24)12-10-15)22(29-21)25-19-7-2-1-3-8-19;/h1-13H,14H2;1H. The highest BCUT2D eigenvalue weighted by molar-refractivity contribution is 9.10. The van der Waals surface area contributed by atoms with Crippen LogP contribution in [0.1, 0.15) is 10.4 Å². The summed E-state index contributed by atoms with van der Waals surface area (Å²) in [6, 6.07) is 24.4. The molecule has 0 aliphatic rings. The lowest BCUT2D eigenvalue weighted by molar-refractivity contribution is 0.0966. The predicted octanol–water partition coefficient (Wildman–Crippen LogP) is 6.72. The van der Waals surface area contributed by atoms with Crippen molar-refractivity contribution in [1.29, 1.82) is 0 Å². The second-order valence-corrected chi connectivity index (χ2v) is 8.54. The minimum Gasteiger partial charge on any atom is -0.292 e. The van der Waals surface area contributed by atoms with E-state index in [0.29, 0.717) is 15.4 Å². The van der Waals surface area contributed by atoms with Crippen molar-refractivity contribution in [2.24, 2.45) is 4.99 Å². The number of hydrogen-bond acceptors (Lipinski definition) is 4. The summed E-state index contributed by atoms with van der Waals surface area (Å²) in [6.45, 7) is 0.0950. The number of aromatic nitrogens is 2. The van der Waals surface area contributed by atoms with Crippen molar-refractivity contribution >= 4 is 67.3 Å². The van der Waals surface area contributed by atoms with Crippen molar-refractivity contribution in [3.63, 3.8) is 0 Å². The molecule has 0 bridgehead atoms. The molecule has 0 atom stereocenters. The summed E-state index contributed by atoms with van der Waals surface area (Å²) in [5, 5.41) is 6.07. The number of carbonyl (C=O) groups is 1. The number of Topliss-reactive ketones (excluding diaryl/α,β-unsaturated/α-hetero) is 1. The highest BCUT2D eigenvalue weighted by Crippen LogP contribution is 2.23. The Morgan fingerprint density at radius 1 is 1.03 bits per heavy atom. The van der Waals surface area contributed by atoms with Gasteiger partial charge in [0, 0.05) is 20.6 Å². The second kappa shape index (κ2) is 10.3. The molecule has 0 aliphatic carbocycles. The van der Waals surface area contributed by atoms with Crippen LogP contribution in [0, 0.1) is 0 Å². The highest BCUT2D eigenvalue weighted by Gasteiger charge is 2.13. The molecule has 0 saturated heterocycles. The van der Waals surface area contributed by atoms with Crippen LogP contribution in [0.3, 0.4) is 0 Å². The van der Waals surface area contributed by atoms with Gasteiger partial charge in [-0.1, -0.05) is 69.2 Å². The summed E-state index contributed by atoms with van der Waals surface area (Å²) >= 11 is 10.9. The molecule has 1 aromatic heterocycles. The van der Waals surface area contributed by atoms with Gasteiger partial charge in [0.25, 0.3) is 0 Å². The summed E-state index contributed by atoms with van der Waals surface area (Å²) in [6.07, 6.45) is 0. The van der Waals surface area contributed by atoms with Gasteiger partial charge in [-0.3, -0.25) is 4.79 Å². The predicted molar refractivity (Wildman–Crippen MR) is 131 cm³/mol. The third-order valence-electron chi connectivity index (χ3n) is 4.13. The van der Waals surface area contributed by atoms with Crippen LogP contribution < -0.4 is 4.80 Å². The van der Waals surface area contributed by atoms with E-state index in [1.54, 1.807) is 28.9 Å². The fourth-order valence-electron chi connectivity index (χ4n) is 2.71. The monoisotopic (exact) mass is 563 g/mol. The molecule has 0 fully saturated rings. The first kappa shape index (κ1) is 22.6. The molecule has 4 nitrogen and oxygen atoms in total. The minimum absolute atomic E-state index is 0. The smallest absolute Gasteiger partial charge is 0.209 e. The fourth-order valence-corrected chi connectivity index (χ4v) is 4.15. The van der Waals surface area contributed by atoms with Gasteiger partial charge in [-0.15, -0.1) is 17.0 Å². The number of nitrogens with zero attached hydrogens (tertiary/aromatic N) is 3. The van der Waals surface area contributed by atoms with Crippen LogP contribution >= 0.6 is 55.8 Å². The topological polar surface area (TPSA) is 47.2 Å². The zero-order valence-electron chi connectivity index (χ0n) is 15.5. The molecule has 0 saturated carbocycles. The van der Waals surface area contributed by atoms with Crippen LogP contribution in [0.5, 0.6) is 0 Å². The zero-order chi connectivity index (χ0) is 20.2. The van der Waals surface area contributed by atoms with E-state index >= 15 is 0 Å². The molecule has 0 N–H and O–H groups in total. The fraction of sp³-hybridized carbons (Fsp3) is 0.0455. The van der Waals surface area contributed by atoms with Crippen LogP contribution in [-0.4, -0.2) is 15.6 Å². The molecule has 30 heavy (non-hydrogen) atoms. The van der Waals surface area contributed by atoms with Gasteiger partial charge in [0.2, 0.25) is 4.80 Å².